The van der Waals surface area contributed by atoms with E-state index in [2.05, 4.69) is 10.3 Å². The molecule has 5 heteroatoms. The molecule has 74 valence electrons. The summed E-state index contributed by atoms with van der Waals surface area (Å²) in [6.07, 6.45) is 1.60. The lowest BCUT2D eigenvalue weighted by molar-refractivity contribution is -0.117. The van der Waals surface area contributed by atoms with Crippen molar-refractivity contribution >= 4 is 17.5 Å². The zero-order valence-electron chi connectivity index (χ0n) is 7.78. The molecule has 5 nitrogen and oxygen atoms in total. The van der Waals surface area contributed by atoms with E-state index in [-0.39, 0.29) is 12.3 Å². The highest BCUT2D eigenvalue weighted by molar-refractivity contribution is 5.88. The first kappa shape index (κ1) is 10.2. The SMILES string of the molecule is CC(=O)Nc1ccc(CC(N)=O)nc1. The maximum Gasteiger partial charge on any atom is 0.223 e. The van der Waals surface area contributed by atoms with Gasteiger partial charge in [-0.05, 0) is 12.1 Å². The maximum atomic E-state index is 10.7. The van der Waals surface area contributed by atoms with E-state index in [0.717, 1.165) is 0 Å². The van der Waals surface area contributed by atoms with Crippen LogP contribution in [0.5, 0.6) is 0 Å². The van der Waals surface area contributed by atoms with Crippen LogP contribution in [0.25, 0.3) is 0 Å². The van der Waals surface area contributed by atoms with Crippen molar-refractivity contribution in [3.63, 3.8) is 0 Å². The molecular weight excluding hydrogens is 182 g/mol. The first-order valence-electron chi connectivity index (χ1n) is 4.09. The molecule has 0 aliphatic heterocycles. The van der Waals surface area contributed by atoms with Crippen molar-refractivity contribution in [2.45, 2.75) is 13.3 Å². The van der Waals surface area contributed by atoms with Crippen molar-refractivity contribution in [1.82, 2.24) is 4.98 Å². The third-order valence-electron chi connectivity index (χ3n) is 1.50. The van der Waals surface area contributed by atoms with Gasteiger partial charge in [-0.25, -0.2) is 0 Å². The van der Waals surface area contributed by atoms with Gasteiger partial charge in [0, 0.05) is 12.6 Å². The Kier molecular flexibility index (Phi) is 3.17. The highest BCUT2D eigenvalue weighted by Crippen LogP contribution is 2.05. The number of carbonyl (C=O) groups excluding carboxylic acids is 2. The monoisotopic (exact) mass is 193 g/mol. The molecule has 0 atom stereocenters. The summed E-state index contributed by atoms with van der Waals surface area (Å²) in [5, 5.41) is 2.57. The summed E-state index contributed by atoms with van der Waals surface area (Å²) >= 11 is 0. The van der Waals surface area contributed by atoms with Crippen LogP contribution >= 0.6 is 0 Å². The smallest absolute Gasteiger partial charge is 0.223 e. The molecule has 0 unspecified atom stereocenters. The van der Waals surface area contributed by atoms with E-state index in [0.29, 0.717) is 11.4 Å². The summed E-state index contributed by atoms with van der Waals surface area (Å²) in [7, 11) is 0. The van der Waals surface area contributed by atoms with Crippen LogP contribution in [0.1, 0.15) is 12.6 Å². The van der Waals surface area contributed by atoms with Gasteiger partial charge in [-0.3, -0.25) is 14.6 Å². The number of rotatable bonds is 3. The minimum absolute atomic E-state index is 0.111. The summed E-state index contributed by atoms with van der Waals surface area (Å²) in [5.74, 6) is -0.584. The molecule has 0 fully saturated rings. The summed E-state index contributed by atoms with van der Waals surface area (Å²) < 4.78 is 0. The molecule has 3 N–H and O–H groups in total. The summed E-state index contributed by atoms with van der Waals surface area (Å²) in [6.45, 7) is 1.41. The zero-order valence-corrected chi connectivity index (χ0v) is 7.78. The number of anilines is 1. The van der Waals surface area contributed by atoms with E-state index in [1.54, 1.807) is 12.1 Å². The van der Waals surface area contributed by atoms with Gasteiger partial charge < -0.3 is 11.1 Å². The van der Waals surface area contributed by atoms with Gasteiger partial charge in [0.25, 0.3) is 0 Å². The van der Waals surface area contributed by atoms with Crippen LogP contribution in [-0.2, 0) is 16.0 Å². The number of hydrogen-bond donors (Lipinski definition) is 2. The largest absolute Gasteiger partial charge is 0.369 e. The minimum atomic E-state index is -0.426. The third-order valence-corrected chi connectivity index (χ3v) is 1.50. The van der Waals surface area contributed by atoms with Crippen molar-refractivity contribution < 1.29 is 9.59 Å². The van der Waals surface area contributed by atoms with Crippen molar-refractivity contribution in [3.8, 4) is 0 Å². The average molecular weight is 193 g/mol. The molecule has 0 radical (unpaired) electrons. The molecule has 0 aromatic carbocycles. The van der Waals surface area contributed by atoms with E-state index >= 15 is 0 Å². The van der Waals surface area contributed by atoms with E-state index < -0.39 is 5.91 Å². The fourth-order valence-corrected chi connectivity index (χ4v) is 0.985. The van der Waals surface area contributed by atoms with Crippen LogP contribution in [0.3, 0.4) is 0 Å². The molecule has 1 rings (SSSR count). The molecule has 14 heavy (non-hydrogen) atoms. The van der Waals surface area contributed by atoms with Crippen LogP contribution in [0.2, 0.25) is 0 Å². The highest BCUT2D eigenvalue weighted by Gasteiger charge is 2.00. The lowest BCUT2D eigenvalue weighted by Gasteiger charge is -2.01. The first-order valence-corrected chi connectivity index (χ1v) is 4.09. The average Bonchev–Trinajstić information content (AvgIpc) is 2.06. The predicted octanol–water partition coefficient (Wildman–Crippen LogP) is 0.0678. The Balaban J connectivity index is 2.68. The Morgan fingerprint density at radius 1 is 1.50 bits per heavy atom. The summed E-state index contributed by atoms with van der Waals surface area (Å²) in [4.78, 5) is 25.2. The molecule has 0 spiro atoms. The molecule has 1 aromatic rings. The Bertz CT molecular complexity index is 311. The molecular formula is C9H11N3O2. The first-order chi connectivity index (χ1) is 6.58. The van der Waals surface area contributed by atoms with Gasteiger partial charge in [-0.2, -0.15) is 0 Å². The van der Waals surface area contributed by atoms with Gasteiger partial charge in [0.1, 0.15) is 0 Å². The van der Waals surface area contributed by atoms with Crippen LogP contribution in [0.15, 0.2) is 18.3 Å². The molecule has 0 saturated heterocycles. The molecule has 1 heterocycles. The number of carbonyl (C=O) groups is 2. The molecule has 0 aliphatic rings. The number of nitrogens with two attached hydrogens (primary N) is 1. The van der Waals surface area contributed by atoms with Gasteiger partial charge in [0.15, 0.2) is 0 Å². The van der Waals surface area contributed by atoms with Crippen LogP contribution < -0.4 is 11.1 Å². The number of primary amides is 1. The van der Waals surface area contributed by atoms with E-state index in [1.807, 2.05) is 0 Å². The Hall–Kier alpha value is -1.91. The lowest BCUT2D eigenvalue weighted by Crippen LogP contribution is -2.14. The third kappa shape index (κ3) is 3.22. The van der Waals surface area contributed by atoms with Crippen molar-refractivity contribution in [2.24, 2.45) is 5.73 Å². The normalized spacial score (nSPS) is 9.50. The van der Waals surface area contributed by atoms with Gasteiger partial charge in [-0.1, -0.05) is 0 Å². The highest BCUT2D eigenvalue weighted by atomic mass is 16.1. The zero-order chi connectivity index (χ0) is 10.6. The number of pyridine rings is 1. The second-order valence-corrected chi connectivity index (χ2v) is 2.86. The number of nitrogens with one attached hydrogen (secondary N) is 1. The number of nitrogens with zero attached hydrogens (tertiary/aromatic N) is 1. The van der Waals surface area contributed by atoms with E-state index in [9.17, 15) is 9.59 Å². The van der Waals surface area contributed by atoms with Gasteiger partial charge in [0.2, 0.25) is 11.8 Å². The summed E-state index contributed by atoms with van der Waals surface area (Å²) in [6, 6.07) is 3.32. The number of hydrogen-bond acceptors (Lipinski definition) is 3. The van der Waals surface area contributed by atoms with Crippen LogP contribution in [0, 0.1) is 0 Å². The minimum Gasteiger partial charge on any atom is -0.369 e. The molecule has 0 aliphatic carbocycles. The molecule has 0 saturated carbocycles. The topological polar surface area (TPSA) is 85.1 Å². The fourth-order valence-electron chi connectivity index (χ4n) is 0.985. The van der Waals surface area contributed by atoms with Crippen LogP contribution in [0.4, 0.5) is 5.69 Å². The second kappa shape index (κ2) is 4.36. The van der Waals surface area contributed by atoms with Gasteiger partial charge in [0.05, 0.1) is 18.3 Å². The fraction of sp³-hybridized carbons (Fsp3) is 0.222. The quantitative estimate of drug-likeness (QED) is 0.712. The van der Waals surface area contributed by atoms with E-state index in [4.69, 9.17) is 5.73 Å². The molecule has 0 bridgehead atoms. The van der Waals surface area contributed by atoms with Gasteiger partial charge >= 0.3 is 0 Å². The van der Waals surface area contributed by atoms with Crippen molar-refractivity contribution in [3.05, 3.63) is 24.0 Å². The predicted molar refractivity (Wildman–Crippen MR) is 51.4 cm³/mol. The second-order valence-electron chi connectivity index (χ2n) is 2.86. The van der Waals surface area contributed by atoms with Crippen molar-refractivity contribution in [1.29, 1.82) is 0 Å². The standard InChI is InChI=1S/C9H11N3O2/c1-6(13)12-8-3-2-7(11-5-8)4-9(10)14/h2-3,5H,4H2,1H3,(H2,10,14)(H,12,13). The molecule has 2 amide bonds. The van der Waals surface area contributed by atoms with Crippen molar-refractivity contribution in [2.75, 3.05) is 5.32 Å². The summed E-state index contributed by atoms with van der Waals surface area (Å²) in [5.41, 5.74) is 6.19. The van der Waals surface area contributed by atoms with Gasteiger partial charge in [-0.15, -0.1) is 0 Å². The maximum absolute atomic E-state index is 10.7. The Morgan fingerprint density at radius 3 is 2.64 bits per heavy atom. The number of aromatic nitrogens is 1. The Labute approximate surface area is 81.3 Å². The number of amides is 2. The molecule has 1 aromatic heterocycles. The van der Waals surface area contributed by atoms with E-state index in [1.165, 1.54) is 13.1 Å². The van der Waals surface area contributed by atoms with Crippen LogP contribution in [-0.4, -0.2) is 16.8 Å². The lowest BCUT2D eigenvalue weighted by atomic mass is 10.2. The Morgan fingerprint density at radius 2 is 2.21 bits per heavy atom.